The minimum absolute atomic E-state index is 0.300. The molecule has 1 N–H and O–H groups in total. The number of rotatable bonds is 5. The molecule has 1 aromatic carbocycles. The van der Waals surface area contributed by atoms with Gasteiger partial charge in [0, 0.05) is 44.9 Å². The zero-order valence-corrected chi connectivity index (χ0v) is 12.2. The lowest BCUT2D eigenvalue weighted by Crippen LogP contribution is -2.57. The van der Waals surface area contributed by atoms with Crippen molar-refractivity contribution < 1.29 is 5.11 Å². The molecule has 1 heterocycles. The Morgan fingerprint density at radius 1 is 1.10 bits per heavy atom. The van der Waals surface area contributed by atoms with Crippen molar-refractivity contribution in [3.63, 3.8) is 0 Å². The summed E-state index contributed by atoms with van der Waals surface area (Å²) < 4.78 is 0. The van der Waals surface area contributed by atoms with E-state index in [9.17, 15) is 5.11 Å². The highest BCUT2D eigenvalue weighted by molar-refractivity contribution is 5.14. The summed E-state index contributed by atoms with van der Waals surface area (Å²) in [5.41, 5.74) is 1.38. The fourth-order valence-corrected chi connectivity index (χ4v) is 3.45. The lowest BCUT2D eigenvalue weighted by molar-refractivity contribution is 0.0112. The summed E-state index contributed by atoms with van der Waals surface area (Å²) >= 11 is 0. The summed E-state index contributed by atoms with van der Waals surface area (Å²) in [7, 11) is 0. The van der Waals surface area contributed by atoms with Crippen LogP contribution in [-0.4, -0.2) is 53.2 Å². The molecular weight excluding hydrogens is 248 g/mol. The zero-order chi connectivity index (χ0) is 13.8. The molecule has 110 valence electrons. The van der Waals surface area contributed by atoms with Gasteiger partial charge in [0.1, 0.15) is 0 Å². The molecule has 3 rings (SSSR count). The van der Waals surface area contributed by atoms with E-state index >= 15 is 0 Å². The molecule has 0 bridgehead atoms. The summed E-state index contributed by atoms with van der Waals surface area (Å²) in [6, 6.07) is 12.0. The van der Waals surface area contributed by atoms with Crippen molar-refractivity contribution in [1.82, 2.24) is 9.80 Å². The van der Waals surface area contributed by atoms with Gasteiger partial charge in [-0.3, -0.25) is 9.80 Å². The van der Waals surface area contributed by atoms with Crippen LogP contribution in [0.15, 0.2) is 30.3 Å². The second-order valence-electron chi connectivity index (χ2n) is 6.20. The number of benzene rings is 1. The number of piperazine rings is 1. The van der Waals surface area contributed by atoms with E-state index in [1.165, 1.54) is 31.4 Å². The van der Waals surface area contributed by atoms with Crippen molar-refractivity contribution in [2.75, 3.05) is 26.2 Å². The Balaban J connectivity index is 1.61. The highest BCUT2D eigenvalue weighted by Crippen LogP contribution is 2.28. The number of hydrogen-bond donors (Lipinski definition) is 1. The Morgan fingerprint density at radius 3 is 2.55 bits per heavy atom. The van der Waals surface area contributed by atoms with Crippen molar-refractivity contribution >= 4 is 0 Å². The monoisotopic (exact) mass is 274 g/mol. The first kappa shape index (κ1) is 14.1. The summed E-state index contributed by atoms with van der Waals surface area (Å²) in [6.45, 7) is 4.78. The van der Waals surface area contributed by atoms with Gasteiger partial charge in [-0.25, -0.2) is 0 Å². The average molecular weight is 274 g/mol. The Hall–Kier alpha value is -0.900. The first-order chi connectivity index (χ1) is 9.86. The molecule has 1 atom stereocenters. The van der Waals surface area contributed by atoms with Crippen molar-refractivity contribution in [1.29, 1.82) is 0 Å². The van der Waals surface area contributed by atoms with Crippen LogP contribution in [0, 0.1) is 0 Å². The van der Waals surface area contributed by atoms with Gasteiger partial charge in [-0.05, 0) is 24.8 Å². The molecule has 1 aliphatic carbocycles. The van der Waals surface area contributed by atoms with E-state index in [-0.39, 0.29) is 0 Å². The van der Waals surface area contributed by atoms with E-state index in [4.69, 9.17) is 0 Å². The number of nitrogens with zero attached hydrogens (tertiary/aromatic N) is 2. The standard InChI is InChI=1S/C17H26N2O/c20-12-9-17-14-19(16-7-4-8-16)11-10-18(17)13-15-5-2-1-3-6-15/h1-3,5-6,16-17,20H,4,7-14H2/t17-/m1/s1. The molecule has 0 radical (unpaired) electrons. The molecule has 1 aliphatic heterocycles. The molecule has 2 fully saturated rings. The predicted molar refractivity (Wildman–Crippen MR) is 81.6 cm³/mol. The van der Waals surface area contributed by atoms with Crippen LogP contribution in [-0.2, 0) is 6.54 Å². The lowest BCUT2D eigenvalue weighted by atomic mass is 9.90. The summed E-state index contributed by atoms with van der Waals surface area (Å²) in [5, 5.41) is 9.35. The van der Waals surface area contributed by atoms with Crippen molar-refractivity contribution in [2.24, 2.45) is 0 Å². The van der Waals surface area contributed by atoms with Gasteiger partial charge in [0.15, 0.2) is 0 Å². The average Bonchev–Trinajstić information content (AvgIpc) is 2.41. The van der Waals surface area contributed by atoms with E-state index in [0.717, 1.165) is 32.1 Å². The first-order valence-corrected chi connectivity index (χ1v) is 7.99. The Kier molecular flexibility index (Phi) is 4.71. The van der Waals surface area contributed by atoms with E-state index in [2.05, 4.69) is 40.1 Å². The number of hydrogen-bond acceptors (Lipinski definition) is 3. The molecule has 1 saturated carbocycles. The van der Waals surface area contributed by atoms with E-state index < -0.39 is 0 Å². The zero-order valence-electron chi connectivity index (χ0n) is 12.2. The van der Waals surface area contributed by atoms with Crippen molar-refractivity contribution in [3.8, 4) is 0 Å². The number of aliphatic hydroxyl groups excluding tert-OH is 1. The van der Waals surface area contributed by atoms with Crippen LogP contribution in [0.4, 0.5) is 0 Å². The van der Waals surface area contributed by atoms with E-state index in [0.29, 0.717) is 12.6 Å². The van der Waals surface area contributed by atoms with Crippen LogP contribution >= 0.6 is 0 Å². The minimum atomic E-state index is 0.300. The normalized spacial score (nSPS) is 25.6. The molecular formula is C17H26N2O. The maximum atomic E-state index is 9.35. The lowest BCUT2D eigenvalue weighted by Gasteiger charge is -2.47. The molecule has 3 heteroatoms. The molecule has 20 heavy (non-hydrogen) atoms. The van der Waals surface area contributed by atoms with Crippen molar-refractivity contribution in [3.05, 3.63) is 35.9 Å². The van der Waals surface area contributed by atoms with Crippen LogP contribution in [0.5, 0.6) is 0 Å². The summed E-state index contributed by atoms with van der Waals surface area (Å²) in [6.07, 6.45) is 5.06. The van der Waals surface area contributed by atoms with Crippen molar-refractivity contribution in [2.45, 2.75) is 44.3 Å². The largest absolute Gasteiger partial charge is 0.396 e. The van der Waals surface area contributed by atoms with Crippen LogP contribution in [0.1, 0.15) is 31.2 Å². The van der Waals surface area contributed by atoms with Gasteiger partial charge >= 0.3 is 0 Å². The maximum Gasteiger partial charge on any atom is 0.0446 e. The first-order valence-electron chi connectivity index (χ1n) is 7.99. The highest BCUT2D eigenvalue weighted by atomic mass is 16.3. The van der Waals surface area contributed by atoms with Crippen LogP contribution < -0.4 is 0 Å². The third-order valence-electron chi connectivity index (χ3n) is 4.92. The SMILES string of the molecule is OCC[C@@H]1CN(C2CCC2)CCN1Cc1ccccc1. The summed E-state index contributed by atoms with van der Waals surface area (Å²) in [5.74, 6) is 0. The number of aliphatic hydroxyl groups is 1. The molecule has 0 spiro atoms. The van der Waals surface area contributed by atoms with Crippen LogP contribution in [0.3, 0.4) is 0 Å². The second kappa shape index (κ2) is 6.70. The van der Waals surface area contributed by atoms with Crippen LogP contribution in [0.25, 0.3) is 0 Å². The second-order valence-corrected chi connectivity index (χ2v) is 6.20. The van der Waals surface area contributed by atoms with E-state index in [1.54, 1.807) is 0 Å². The fourth-order valence-electron chi connectivity index (χ4n) is 3.45. The third kappa shape index (κ3) is 3.22. The Morgan fingerprint density at radius 2 is 1.90 bits per heavy atom. The molecule has 0 amide bonds. The Bertz CT molecular complexity index is 405. The van der Waals surface area contributed by atoms with Gasteiger partial charge in [-0.1, -0.05) is 36.8 Å². The highest BCUT2D eigenvalue weighted by Gasteiger charge is 2.32. The molecule has 3 nitrogen and oxygen atoms in total. The molecule has 1 aromatic rings. The summed E-state index contributed by atoms with van der Waals surface area (Å²) in [4.78, 5) is 5.21. The third-order valence-corrected chi connectivity index (χ3v) is 4.92. The van der Waals surface area contributed by atoms with Gasteiger partial charge in [-0.15, -0.1) is 0 Å². The predicted octanol–water partition coefficient (Wildman–Crippen LogP) is 2.11. The molecule has 0 unspecified atom stereocenters. The quantitative estimate of drug-likeness (QED) is 0.891. The molecule has 0 aromatic heterocycles. The maximum absolute atomic E-state index is 9.35. The fraction of sp³-hybridized carbons (Fsp3) is 0.647. The van der Waals surface area contributed by atoms with Crippen LogP contribution in [0.2, 0.25) is 0 Å². The Labute approximate surface area is 122 Å². The van der Waals surface area contributed by atoms with E-state index in [1.807, 2.05) is 0 Å². The minimum Gasteiger partial charge on any atom is -0.396 e. The molecule has 1 saturated heterocycles. The van der Waals surface area contributed by atoms with Gasteiger partial charge in [-0.2, -0.15) is 0 Å². The topological polar surface area (TPSA) is 26.7 Å². The van der Waals surface area contributed by atoms with Gasteiger partial charge in [0.25, 0.3) is 0 Å². The molecule has 2 aliphatic rings. The smallest absolute Gasteiger partial charge is 0.0446 e. The van der Waals surface area contributed by atoms with Gasteiger partial charge in [0.2, 0.25) is 0 Å². The van der Waals surface area contributed by atoms with Gasteiger partial charge in [0.05, 0.1) is 0 Å². The van der Waals surface area contributed by atoms with Gasteiger partial charge < -0.3 is 5.11 Å².